The molecule has 1 aromatic heterocycles. The summed E-state index contributed by atoms with van der Waals surface area (Å²) in [4.78, 5) is 6.38. The van der Waals surface area contributed by atoms with E-state index in [4.69, 9.17) is 5.73 Å². The van der Waals surface area contributed by atoms with Crippen LogP contribution in [-0.2, 0) is 0 Å². The van der Waals surface area contributed by atoms with E-state index in [9.17, 15) is 0 Å². The molecule has 0 radical (unpaired) electrons. The van der Waals surface area contributed by atoms with Crippen LogP contribution in [0.15, 0.2) is 18.5 Å². The molecule has 0 aliphatic rings. The Balaban J connectivity index is 2.78. The van der Waals surface area contributed by atoms with Crippen LogP contribution in [0.2, 0.25) is 0 Å². The Labute approximate surface area is 79.6 Å². The van der Waals surface area contributed by atoms with E-state index in [2.05, 4.69) is 22.9 Å². The summed E-state index contributed by atoms with van der Waals surface area (Å²) < 4.78 is 0. The van der Waals surface area contributed by atoms with Crippen molar-refractivity contribution in [1.29, 1.82) is 0 Å². The third-order valence-electron chi connectivity index (χ3n) is 2.01. The first-order chi connectivity index (χ1) is 6.27. The number of aromatic nitrogens is 1. The summed E-state index contributed by atoms with van der Waals surface area (Å²) >= 11 is 0. The second kappa shape index (κ2) is 4.82. The number of pyridine rings is 1. The van der Waals surface area contributed by atoms with Crippen LogP contribution in [-0.4, -0.2) is 24.6 Å². The van der Waals surface area contributed by atoms with E-state index in [-0.39, 0.29) is 0 Å². The predicted octanol–water partition coefficient (Wildman–Crippen LogP) is 1.18. The maximum absolute atomic E-state index is 5.52. The van der Waals surface area contributed by atoms with Crippen LogP contribution >= 0.6 is 0 Å². The summed E-state index contributed by atoms with van der Waals surface area (Å²) in [6.07, 6.45) is 3.74. The Morgan fingerprint density at radius 1 is 1.46 bits per heavy atom. The maximum atomic E-state index is 5.52. The van der Waals surface area contributed by atoms with E-state index in [1.165, 1.54) is 5.56 Å². The van der Waals surface area contributed by atoms with Crippen LogP contribution in [0.5, 0.6) is 0 Å². The van der Waals surface area contributed by atoms with Gasteiger partial charge in [0, 0.05) is 25.8 Å². The third-order valence-corrected chi connectivity index (χ3v) is 2.01. The Kier molecular flexibility index (Phi) is 3.71. The SMILES string of the molecule is CCN(CCN)c1cncc(C)c1. The smallest absolute Gasteiger partial charge is 0.0555 e. The van der Waals surface area contributed by atoms with Gasteiger partial charge in [-0.1, -0.05) is 0 Å². The Bertz CT molecular complexity index is 260. The van der Waals surface area contributed by atoms with Gasteiger partial charge in [-0.3, -0.25) is 4.98 Å². The quantitative estimate of drug-likeness (QED) is 0.754. The maximum Gasteiger partial charge on any atom is 0.0555 e. The molecule has 0 fully saturated rings. The second-order valence-electron chi connectivity index (χ2n) is 3.09. The molecule has 0 spiro atoms. The Hall–Kier alpha value is -1.09. The highest BCUT2D eigenvalue weighted by molar-refractivity contribution is 5.45. The summed E-state index contributed by atoms with van der Waals surface area (Å²) in [6, 6.07) is 2.13. The first-order valence-electron chi connectivity index (χ1n) is 4.64. The van der Waals surface area contributed by atoms with Crippen molar-refractivity contribution >= 4 is 5.69 Å². The molecule has 0 aromatic carbocycles. The minimum absolute atomic E-state index is 0.682. The van der Waals surface area contributed by atoms with Gasteiger partial charge < -0.3 is 10.6 Å². The Morgan fingerprint density at radius 2 is 2.23 bits per heavy atom. The molecule has 0 aliphatic carbocycles. The van der Waals surface area contributed by atoms with Gasteiger partial charge in [0.05, 0.1) is 11.9 Å². The molecular weight excluding hydrogens is 162 g/mol. The lowest BCUT2D eigenvalue weighted by atomic mass is 10.2. The largest absolute Gasteiger partial charge is 0.369 e. The minimum Gasteiger partial charge on any atom is -0.369 e. The predicted molar refractivity (Wildman–Crippen MR) is 55.9 cm³/mol. The van der Waals surface area contributed by atoms with Gasteiger partial charge in [0.2, 0.25) is 0 Å². The van der Waals surface area contributed by atoms with Crippen LogP contribution in [0.25, 0.3) is 0 Å². The standard InChI is InChI=1S/C10H17N3/c1-3-13(5-4-11)10-6-9(2)7-12-8-10/h6-8H,3-5,11H2,1-2H3. The van der Waals surface area contributed by atoms with Gasteiger partial charge in [-0.2, -0.15) is 0 Å². The highest BCUT2D eigenvalue weighted by Gasteiger charge is 2.02. The molecule has 0 saturated carbocycles. The van der Waals surface area contributed by atoms with Crippen molar-refractivity contribution < 1.29 is 0 Å². The highest BCUT2D eigenvalue weighted by Crippen LogP contribution is 2.12. The zero-order valence-electron chi connectivity index (χ0n) is 8.33. The molecule has 1 heterocycles. The number of nitrogens with two attached hydrogens (primary N) is 1. The molecule has 3 nitrogen and oxygen atoms in total. The first kappa shape index (κ1) is 9.99. The summed E-state index contributed by atoms with van der Waals surface area (Å²) in [7, 11) is 0. The van der Waals surface area contributed by atoms with Gasteiger partial charge in [-0.25, -0.2) is 0 Å². The number of hydrogen-bond acceptors (Lipinski definition) is 3. The molecule has 0 amide bonds. The van der Waals surface area contributed by atoms with Crippen molar-refractivity contribution in [3.05, 3.63) is 24.0 Å². The van der Waals surface area contributed by atoms with Crippen molar-refractivity contribution in [3.63, 3.8) is 0 Å². The van der Waals surface area contributed by atoms with Crippen molar-refractivity contribution in [2.75, 3.05) is 24.5 Å². The van der Waals surface area contributed by atoms with Crippen molar-refractivity contribution in [3.8, 4) is 0 Å². The van der Waals surface area contributed by atoms with E-state index in [0.29, 0.717) is 6.54 Å². The number of anilines is 1. The number of likely N-dealkylation sites (N-methyl/N-ethyl adjacent to an activating group) is 1. The monoisotopic (exact) mass is 179 g/mol. The van der Waals surface area contributed by atoms with E-state index < -0.39 is 0 Å². The van der Waals surface area contributed by atoms with Crippen LogP contribution in [0.1, 0.15) is 12.5 Å². The summed E-state index contributed by atoms with van der Waals surface area (Å²) in [5, 5.41) is 0. The number of nitrogens with zero attached hydrogens (tertiary/aromatic N) is 2. The fourth-order valence-electron chi connectivity index (χ4n) is 1.34. The van der Waals surface area contributed by atoms with Crippen LogP contribution in [0.4, 0.5) is 5.69 Å². The molecule has 1 aromatic rings. The fourth-order valence-corrected chi connectivity index (χ4v) is 1.34. The van der Waals surface area contributed by atoms with Crippen LogP contribution in [0, 0.1) is 6.92 Å². The summed E-state index contributed by atoms with van der Waals surface area (Å²) in [5.41, 5.74) is 7.87. The lowest BCUT2D eigenvalue weighted by molar-refractivity contribution is 0.813. The third kappa shape index (κ3) is 2.70. The number of hydrogen-bond donors (Lipinski definition) is 1. The lowest BCUT2D eigenvalue weighted by Crippen LogP contribution is -2.29. The fraction of sp³-hybridized carbons (Fsp3) is 0.500. The molecule has 1 rings (SSSR count). The number of aryl methyl sites for hydroxylation is 1. The lowest BCUT2D eigenvalue weighted by Gasteiger charge is -2.21. The van der Waals surface area contributed by atoms with Gasteiger partial charge in [-0.05, 0) is 25.5 Å². The number of rotatable bonds is 4. The van der Waals surface area contributed by atoms with Crippen molar-refractivity contribution in [2.45, 2.75) is 13.8 Å². The normalized spacial score (nSPS) is 10.1. The zero-order valence-corrected chi connectivity index (χ0v) is 8.33. The average molecular weight is 179 g/mol. The van der Waals surface area contributed by atoms with Crippen LogP contribution in [0.3, 0.4) is 0 Å². The second-order valence-corrected chi connectivity index (χ2v) is 3.09. The van der Waals surface area contributed by atoms with Crippen molar-refractivity contribution in [2.24, 2.45) is 5.73 Å². The van der Waals surface area contributed by atoms with Gasteiger partial charge in [0.15, 0.2) is 0 Å². The summed E-state index contributed by atoms with van der Waals surface area (Å²) in [5.74, 6) is 0. The van der Waals surface area contributed by atoms with E-state index in [1.807, 2.05) is 19.3 Å². The molecule has 3 heteroatoms. The van der Waals surface area contributed by atoms with Crippen LogP contribution < -0.4 is 10.6 Å². The molecule has 2 N–H and O–H groups in total. The first-order valence-corrected chi connectivity index (χ1v) is 4.64. The van der Waals surface area contributed by atoms with Gasteiger partial charge in [0.25, 0.3) is 0 Å². The summed E-state index contributed by atoms with van der Waals surface area (Å²) in [6.45, 7) is 6.72. The molecule has 72 valence electrons. The highest BCUT2D eigenvalue weighted by atomic mass is 15.1. The molecule has 0 atom stereocenters. The topological polar surface area (TPSA) is 42.1 Å². The molecule has 0 unspecified atom stereocenters. The van der Waals surface area contributed by atoms with E-state index in [1.54, 1.807) is 0 Å². The van der Waals surface area contributed by atoms with Gasteiger partial charge in [-0.15, -0.1) is 0 Å². The molecule has 0 bridgehead atoms. The van der Waals surface area contributed by atoms with Gasteiger partial charge >= 0.3 is 0 Å². The molecule has 0 aliphatic heterocycles. The van der Waals surface area contributed by atoms with E-state index >= 15 is 0 Å². The van der Waals surface area contributed by atoms with E-state index in [0.717, 1.165) is 18.8 Å². The minimum atomic E-state index is 0.682. The molecule has 0 saturated heterocycles. The Morgan fingerprint density at radius 3 is 2.77 bits per heavy atom. The molecular formula is C10H17N3. The van der Waals surface area contributed by atoms with Crippen molar-refractivity contribution in [1.82, 2.24) is 4.98 Å². The van der Waals surface area contributed by atoms with Gasteiger partial charge in [0.1, 0.15) is 0 Å². The molecule has 13 heavy (non-hydrogen) atoms. The average Bonchev–Trinajstić information content (AvgIpc) is 2.14. The zero-order chi connectivity index (χ0) is 9.68.